The third kappa shape index (κ3) is 4.86. The Morgan fingerprint density at radius 2 is 2.10 bits per heavy atom. The van der Waals surface area contributed by atoms with Crippen LogP contribution in [0, 0.1) is 0 Å². The number of thioether (sulfide) groups is 1. The van der Waals surface area contributed by atoms with Gasteiger partial charge in [-0.05, 0) is 30.9 Å². The predicted octanol–water partition coefficient (Wildman–Crippen LogP) is 3.89. The van der Waals surface area contributed by atoms with Gasteiger partial charge in [0, 0.05) is 23.0 Å². The highest BCUT2D eigenvalue weighted by molar-refractivity contribution is 7.99. The van der Waals surface area contributed by atoms with E-state index in [1.807, 2.05) is 6.26 Å². The summed E-state index contributed by atoms with van der Waals surface area (Å²) in [7, 11) is 0. The molecule has 0 bridgehead atoms. The molecule has 0 aliphatic carbocycles. The molecule has 0 saturated heterocycles. The summed E-state index contributed by atoms with van der Waals surface area (Å²) < 4.78 is 38.8. The van der Waals surface area contributed by atoms with Crippen LogP contribution < -0.4 is 11.1 Å². The number of hydrogen-bond donors (Lipinski definition) is 2. The smallest absolute Gasteiger partial charge is 0.389 e. The molecule has 0 amide bonds. The van der Waals surface area contributed by atoms with Crippen molar-refractivity contribution in [1.82, 2.24) is 0 Å². The van der Waals surface area contributed by atoms with Gasteiger partial charge >= 0.3 is 6.18 Å². The third-order valence-corrected chi connectivity index (χ3v) is 4.13. The van der Waals surface area contributed by atoms with Gasteiger partial charge in [0.05, 0.1) is 5.56 Å². The van der Waals surface area contributed by atoms with Gasteiger partial charge < -0.3 is 11.1 Å². The molecule has 0 saturated carbocycles. The largest absolute Gasteiger partial charge is 0.417 e. The molecule has 0 radical (unpaired) electrons. The van der Waals surface area contributed by atoms with E-state index in [1.165, 1.54) is 6.07 Å². The van der Waals surface area contributed by atoms with Crippen LogP contribution >= 0.6 is 24.0 Å². The lowest BCUT2D eigenvalue weighted by molar-refractivity contribution is -0.137. The van der Waals surface area contributed by atoms with Crippen LogP contribution in [-0.4, -0.2) is 23.0 Å². The van der Waals surface area contributed by atoms with Crippen LogP contribution in [0.4, 0.5) is 18.9 Å². The van der Waals surface area contributed by atoms with Crippen molar-refractivity contribution in [2.24, 2.45) is 5.73 Å². The molecule has 0 aliphatic heterocycles. The number of alkyl halides is 3. The molecule has 1 rings (SSSR count). The molecular weight excluding hydrogens is 305 g/mol. The zero-order valence-corrected chi connectivity index (χ0v) is 12.9. The van der Waals surface area contributed by atoms with Gasteiger partial charge in [-0.15, -0.1) is 0 Å². The summed E-state index contributed by atoms with van der Waals surface area (Å²) in [6, 6.07) is 3.93. The third-order valence-electron chi connectivity index (χ3n) is 2.87. The molecule has 7 heteroatoms. The van der Waals surface area contributed by atoms with Crippen molar-refractivity contribution >= 4 is 34.7 Å². The molecule has 0 fully saturated rings. The van der Waals surface area contributed by atoms with Crippen molar-refractivity contribution in [2.75, 3.05) is 18.1 Å². The minimum Gasteiger partial charge on any atom is -0.389 e. The van der Waals surface area contributed by atoms with E-state index in [0.29, 0.717) is 17.5 Å². The van der Waals surface area contributed by atoms with E-state index in [0.717, 1.165) is 12.5 Å². The van der Waals surface area contributed by atoms with Gasteiger partial charge in [0.25, 0.3) is 0 Å². The maximum absolute atomic E-state index is 12.9. The second-order valence-corrected chi connectivity index (χ2v) is 6.10. The first-order valence-electron chi connectivity index (χ1n) is 6.03. The second kappa shape index (κ2) is 7.17. The van der Waals surface area contributed by atoms with E-state index in [-0.39, 0.29) is 10.6 Å². The molecular formula is C13H17F3N2S2. The summed E-state index contributed by atoms with van der Waals surface area (Å²) in [4.78, 5) is -0.250. The zero-order chi connectivity index (χ0) is 15.3. The fourth-order valence-corrected chi connectivity index (χ4v) is 2.17. The van der Waals surface area contributed by atoms with Crippen LogP contribution in [0.2, 0.25) is 0 Å². The zero-order valence-electron chi connectivity index (χ0n) is 11.3. The topological polar surface area (TPSA) is 38.0 Å². The van der Waals surface area contributed by atoms with Crippen LogP contribution in [0.1, 0.15) is 24.5 Å². The first-order valence-corrected chi connectivity index (χ1v) is 7.73. The standard InChI is InChI=1S/C13H17F3N2S2/c1-8(20-2)5-6-18-9-3-4-10(12(17)19)11(7-9)13(14,15)16/h3-4,7-8,18H,5-6H2,1-2H3,(H2,17,19). The Labute approximate surface area is 126 Å². The summed E-state index contributed by atoms with van der Waals surface area (Å²) >= 11 is 6.37. The summed E-state index contributed by atoms with van der Waals surface area (Å²) in [5.41, 5.74) is 4.81. The fraction of sp³-hybridized carbons (Fsp3) is 0.462. The minimum atomic E-state index is -4.47. The Balaban J connectivity index is 2.88. The van der Waals surface area contributed by atoms with Crippen molar-refractivity contribution in [2.45, 2.75) is 24.8 Å². The quantitative estimate of drug-likeness (QED) is 0.779. The van der Waals surface area contributed by atoms with Gasteiger partial charge in [0.15, 0.2) is 0 Å². The molecule has 1 unspecified atom stereocenters. The molecule has 0 spiro atoms. The van der Waals surface area contributed by atoms with Crippen LogP contribution in [-0.2, 0) is 6.18 Å². The highest BCUT2D eigenvalue weighted by Crippen LogP contribution is 2.33. The summed E-state index contributed by atoms with van der Waals surface area (Å²) in [6.45, 7) is 2.69. The Bertz CT molecular complexity index is 475. The molecule has 0 heterocycles. The van der Waals surface area contributed by atoms with E-state index in [4.69, 9.17) is 5.73 Å². The van der Waals surface area contributed by atoms with E-state index in [1.54, 1.807) is 17.8 Å². The highest BCUT2D eigenvalue weighted by atomic mass is 32.2. The van der Waals surface area contributed by atoms with Gasteiger partial charge in [0.2, 0.25) is 0 Å². The number of nitrogens with one attached hydrogen (secondary N) is 1. The number of halogens is 3. The van der Waals surface area contributed by atoms with Gasteiger partial charge in [-0.1, -0.05) is 19.1 Å². The Hall–Kier alpha value is -0.950. The van der Waals surface area contributed by atoms with E-state index in [2.05, 4.69) is 24.5 Å². The van der Waals surface area contributed by atoms with Gasteiger partial charge in [-0.25, -0.2) is 0 Å². The normalized spacial score (nSPS) is 13.1. The first-order chi connectivity index (χ1) is 9.25. The van der Waals surface area contributed by atoms with Crippen LogP contribution in [0.15, 0.2) is 18.2 Å². The number of thiocarbonyl (C=S) groups is 1. The number of benzene rings is 1. The number of anilines is 1. The summed E-state index contributed by atoms with van der Waals surface area (Å²) in [6.07, 6.45) is -1.59. The van der Waals surface area contributed by atoms with Gasteiger partial charge in [-0.2, -0.15) is 24.9 Å². The van der Waals surface area contributed by atoms with Crippen molar-refractivity contribution in [1.29, 1.82) is 0 Å². The summed E-state index contributed by atoms with van der Waals surface area (Å²) in [5.74, 6) is 0. The monoisotopic (exact) mass is 322 g/mol. The molecule has 2 nitrogen and oxygen atoms in total. The maximum Gasteiger partial charge on any atom is 0.417 e. The minimum absolute atomic E-state index is 0.143. The molecule has 112 valence electrons. The molecule has 1 aromatic rings. The fourth-order valence-electron chi connectivity index (χ4n) is 1.64. The van der Waals surface area contributed by atoms with E-state index < -0.39 is 11.7 Å². The van der Waals surface area contributed by atoms with Gasteiger partial charge in [0.1, 0.15) is 4.99 Å². The molecule has 0 aromatic heterocycles. The number of hydrogen-bond acceptors (Lipinski definition) is 3. The average molecular weight is 322 g/mol. The van der Waals surface area contributed by atoms with Crippen molar-refractivity contribution in [3.05, 3.63) is 29.3 Å². The van der Waals surface area contributed by atoms with Gasteiger partial charge in [-0.3, -0.25) is 0 Å². The number of rotatable bonds is 6. The average Bonchev–Trinajstić information content (AvgIpc) is 2.37. The molecule has 3 N–H and O–H groups in total. The molecule has 1 atom stereocenters. The van der Waals surface area contributed by atoms with Crippen molar-refractivity contribution in [3.8, 4) is 0 Å². The molecule has 1 aromatic carbocycles. The van der Waals surface area contributed by atoms with E-state index >= 15 is 0 Å². The Morgan fingerprint density at radius 3 is 2.60 bits per heavy atom. The highest BCUT2D eigenvalue weighted by Gasteiger charge is 2.34. The molecule has 0 aliphatic rings. The molecule has 20 heavy (non-hydrogen) atoms. The van der Waals surface area contributed by atoms with Crippen molar-refractivity contribution < 1.29 is 13.2 Å². The number of nitrogens with two attached hydrogens (primary N) is 1. The van der Waals surface area contributed by atoms with Crippen LogP contribution in [0.3, 0.4) is 0 Å². The predicted molar refractivity (Wildman–Crippen MR) is 83.4 cm³/mol. The SMILES string of the molecule is CSC(C)CCNc1ccc(C(N)=S)c(C(F)(F)F)c1. The lowest BCUT2D eigenvalue weighted by atomic mass is 10.1. The lowest BCUT2D eigenvalue weighted by Crippen LogP contribution is -2.18. The van der Waals surface area contributed by atoms with Crippen molar-refractivity contribution in [3.63, 3.8) is 0 Å². The Kier molecular flexibility index (Phi) is 6.13. The van der Waals surface area contributed by atoms with E-state index in [9.17, 15) is 13.2 Å². The van der Waals surface area contributed by atoms with Crippen LogP contribution in [0.5, 0.6) is 0 Å². The first kappa shape index (κ1) is 17.1. The summed E-state index contributed by atoms with van der Waals surface area (Å²) in [5, 5.41) is 3.45. The Morgan fingerprint density at radius 1 is 1.45 bits per heavy atom. The second-order valence-electron chi connectivity index (χ2n) is 4.38. The maximum atomic E-state index is 12.9. The van der Waals surface area contributed by atoms with Crippen LogP contribution in [0.25, 0.3) is 0 Å². The lowest BCUT2D eigenvalue weighted by Gasteiger charge is -2.15.